The topological polar surface area (TPSA) is 50.3 Å². The highest BCUT2D eigenvalue weighted by Gasteiger charge is 2.34. The second kappa shape index (κ2) is 13.1. The van der Waals surface area contributed by atoms with Crippen molar-refractivity contribution in [3.05, 3.63) is 23.8 Å². The van der Waals surface area contributed by atoms with Crippen molar-refractivity contribution in [2.45, 2.75) is 70.5 Å². The molecule has 1 fully saturated rings. The van der Waals surface area contributed by atoms with Crippen LogP contribution >= 0.6 is 0 Å². The van der Waals surface area contributed by atoms with Gasteiger partial charge in [-0.15, -0.1) is 0 Å². The van der Waals surface area contributed by atoms with Gasteiger partial charge in [0.25, 0.3) is 0 Å². The van der Waals surface area contributed by atoms with Crippen LogP contribution in [0.3, 0.4) is 0 Å². The highest BCUT2D eigenvalue weighted by atomic mass is 19.4. The Morgan fingerprint density at radius 2 is 1.59 bits per heavy atom. The van der Waals surface area contributed by atoms with E-state index in [1.165, 1.54) is 57.3 Å². The number of unbranched alkanes of at least 4 members (excludes halogenated alkanes) is 7. The lowest BCUT2D eigenvalue weighted by atomic mass is 10.1. The molecule has 0 unspecified atom stereocenters. The monoisotopic (exact) mass is 416 g/mol. The van der Waals surface area contributed by atoms with Crippen molar-refractivity contribution >= 4 is 0 Å². The minimum atomic E-state index is -4.51. The molecule has 1 aliphatic rings. The Morgan fingerprint density at radius 3 is 2.17 bits per heavy atom. The minimum Gasteiger partial charge on any atom is -0.379 e. The van der Waals surface area contributed by atoms with Crippen LogP contribution in [-0.2, 0) is 10.9 Å². The van der Waals surface area contributed by atoms with Gasteiger partial charge in [-0.3, -0.25) is 4.90 Å². The average molecular weight is 417 g/mol. The number of hydrogen-bond donors (Lipinski definition) is 1. The summed E-state index contributed by atoms with van der Waals surface area (Å²) in [6.07, 6.45) is 8.29. The number of morpholine rings is 1. The summed E-state index contributed by atoms with van der Waals surface area (Å²) in [6.45, 7) is 6.59. The Labute approximate surface area is 172 Å². The molecule has 1 atom stereocenters. The van der Waals surface area contributed by atoms with Gasteiger partial charge in [-0.05, 0) is 13.0 Å². The summed E-state index contributed by atoms with van der Waals surface area (Å²) in [5.74, 6) is -1.09. The number of nitrogens with one attached hydrogen (secondary N) is 1. The number of hydrogen-bond acceptors (Lipinski definition) is 5. The molecule has 1 N–H and O–H groups in total. The maximum Gasteiger partial charge on any atom is 0.451 e. The minimum absolute atomic E-state index is 0.0461. The number of rotatable bonds is 13. The van der Waals surface area contributed by atoms with Gasteiger partial charge in [0.2, 0.25) is 5.82 Å². The van der Waals surface area contributed by atoms with Crippen molar-refractivity contribution in [1.29, 1.82) is 0 Å². The molecular formula is C21H35F3N4O. The Balaban J connectivity index is 1.78. The fourth-order valence-corrected chi connectivity index (χ4v) is 3.63. The number of halogens is 3. The molecule has 8 heteroatoms. The molecule has 1 saturated heterocycles. The third-order valence-electron chi connectivity index (χ3n) is 5.34. The van der Waals surface area contributed by atoms with Crippen LogP contribution in [0.5, 0.6) is 0 Å². The standard InChI is InChI=1S/C21H35F3N4O/c1-2-3-4-5-6-7-8-9-10-25-17-19(28-11-13-29-14-12-28)18-15-26-20(27-16-18)21(22,23)24/h15-16,19,25H,2-14,17H2,1H3/t19-/m0/s1. The fourth-order valence-electron chi connectivity index (χ4n) is 3.63. The van der Waals surface area contributed by atoms with Gasteiger partial charge in [0.1, 0.15) is 0 Å². The number of ether oxygens (including phenoxy) is 1. The molecule has 0 saturated carbocycles. The van der Waals surface area contributed by atoms with Gasteiger partial charge >= 0.3 is 6.18 Å². The highest BCUT2D eigenvalue weighted by molar-refractivity contribution is 5.13. The Kier molecular flexibility index (Phi) is 10.9. The predicted molar refractivity (Wildman–Crippen MR) is 108 cm³/mol. The summed E-state index contributed by atoms with van der Waals surface area (Å²) < 4.78 is 43.7. The third kappa shape index (κ3) is 8.97. The second-order valence-corrected chi connectivity index (χ2v) is 7.68. The summed E-state index contributed by atoms with van der Waals surface area (Å²) in [7, 11) is 0. The van der Waals surface area contributed by atoms with Crippen LogP contribution in [0.25, 0.3) is 0 Å². The van der Waals surface area contributed by atoms with Crippen molar-refractivity contribution in [2.24, 2.45) is 0 Å². The van der Waals surface area contributed by atoms with Crippen LogP contribution in [-0.4, -0.2) is 54.3 Å². The summed E-state index contributed by atoms with van der Waals surface area (Å²) in [5.41, 5.74) is 0.711. The first kappa shape index (κ1) is 24.0. The van der Waals surface area contributed by atoms with E-state index in [2.05, 4.69) is 27.1 Å². The lowest BCUT2D eigenvalue weighted by molar-refractivity contribution is -0.145. The van der Waals surface area contributed by atoms with E-state index < -0.39 is 12.0 Å². The van der Waals surface area contributed by atoms with Gasteiger partial charge < -0.3 is 10.1 Å². The zero-order valence-corrected chi connectivity index (χ0v) is 17.5. The van der Waals surface area contributed by atoms with E-state index >= 15 is 0 Å². The van der Waals surface area contributed by atoms with Crippen LogP contribution in [0, 0.1) is 0 Å². The Hall–Kier alpha value is -1.25. The smallest absolute Gasteiger partial charge is 0.379 e. The molecule has 166 valence electrons. The van der Waals surface area contributed by atoms with Crippen LogP contribution in [0.15, 0.2) is 12.4 Å². The van der Waals surface area contributed by atoms with Gasteiger partial charge in [0, 0.05) is 37.6 Å². The number of nitrogens with zero attached hydrogens (tertiary/aromatic N) is 3. The van der Waals surface area contributed by atoms with Crippen LogP contribution < -0.4 is 5.32 Å². The van der Waals surface area contributed by atoms with Gasteiger partial charge in [0.15, 0.2) is 0 Å². The maximum atomic E-state index is 12.7. The molecule has 1 aromatic rings. The van der Waals surface area contributed by atoms with Crippen LogP contribution in [0.2, 0.25) is 0 Å². The van der Waals surface area contributed by atoms with E-state index in [1.54, 1.807) is 0 Å². The summed E-state index contributed by atoms with van der Waals surface area (Å²) >= 11 is 0. The van der Waals surface area contributed by atoms with E-state index in [9.17, 15) is 13.2 Å². The highest BCUT2D eigenvalue weighted by Crippen LogP contribution is 2.27. The lowest BCUT2D eigenvalue weighted by Gasteiger charge is -2.34. The molecule has 0 aromatic carbocycles. The first-order valence-corrected chi connectivity index (χ1v) is 10.9. The molecule has 0 bridgehead atoms. The molecular weight excluding hydrogens is 381 g/mol. The van der Waals surface area contributed by atoms with Gasteiger partial charge in [-0.25, -0.2) is 9.97 Å². The van der Waals surface area contributed by atoms with E-state index in [1.807, 2.05) is 0 Å². The molecule has 2 heterocycles. The van der Waals surface area contributed by atoms with Crippen molar-refractivity contribution in [3.8, 4) is 0 Å². The Morgan fingerprint density at radius 1 is 1.00 bits per heavy atom. The van der Waals surface area contributed by atoms with E-state index in [4.69, 9.17) is 4.74 Å². The zero-order valence-electron chi connectivity index (χ0n) is 17.5. The van der Waals surface area contributed by atoms with Gasteiger partial charge in [-0.2, -0.15) is 13.2 Å². The maximum absolute atomic E-state index is 12.7. The van der Waals surface area contributed by atoms with Crippen molar-refractivity contribution in [2.75, 3.05) is 39.4 Å². The van der Waals surface area contributed by atoms with Crippen LogP contribution in [0.1, 0.15) is 75.7 Å². The van der Waals surface area contributed by atoms with Crippen LogP contribution in [0.4, 0.5) is 13.2 Å². The SMILES string of the molecule is CCCCCCCCCCNC[C@@H](c1cnc(C(F)(F)F)nc1)N1CCOCC1. The first-order valence-electron chi connectivity index (χ1n) is 10.9. The third-order valence-corrected chi connectivity index (χ3v) is 5.34. The molecule has 0 amide bonds. The van der Waals surface area contributed by atoms with Crippen molar-refractivity contribution in [1.82, 2.24) is 20.2 Å². The van der Waals surface area contributed by atoms with E-state index in [0.29, 0.717) is 25.3 Å². The summed E-state index contributed by atoms with van der Waals surface area (Å²) in [4.78, 5) is 9.32. The quantitative estimate of drug-likeness (QED) is 0.476. The molecule has 1 aromatic heterocycles. The van der Waals surface area contributed by atoms with Crippen molar-refractivity contribution < 1.29 is 17.9 Å². The van der Waals surface area contributed by atoms with E-state index in [-0.39, 0.29) is 6.04 Å². The van der Waals surface area contributed by atoms with Crippen molar-refractivity contribution in [3.63, 3.8) is 0 Å². The summed E-state index contributed by atoms with van der Waals surface area (Å²) in [6, 6.07) is -0.0461. The average Bonchev–Trinajstić information content (AvgIpc) is 2.72. The summed E-state index contributed by atoms with van der Waals surface area (Å²) in [5, 5.41) is 3.48. The van der Waals surface area contributed by atoms with E-state index in [0.717, 1.165) is 26.1 Å². The normalized spacial score (nSPS) is 16.8. The molecule has 29 heavy (non-hydrogen) atoms. The zero-order chi connectivity index (χ0) is 21.0. The molecule has 2 rings (SSSR count). The van der Waals surface area contributed by atoms with Gasteiger partial charge in [-0.1, -0.05) is 51.9 Å². The predicted octanol–water partition coefficient (Wildman–Crippen LogP) is 4.60. The molecule has 0 radical (unpaired) electrons. The lowest BCUT2D eigenvalue weighted by Crippen LogP contribution is -2.43. The number of aromatic nitrogens is 2. The Bertz CT molecular complexity index is 548. The molecule has 1 aliphatic heterocycles. The molecule has 5 nitrogen and oxygen atoms in total. The number of alkyl halides is 3. The first-order chi connectivity index (χ1) is 14.0. The largest absolute Gasteiger partial charge is 0.451 e. The van der Waals surface area contributed by atoms with Gasteiger partial charge in [0.05, 0.1) is 19.3 Å². The molecule has 0 spiro atoms. The fraction of sp³-hybridized carbons (Fsp3) is 0.810. The second-order valence-electron chi connectivity index (χ2n) is 7.68. The molecule has 0 aliphatic carbocycles.